The number of carbonyl (C=O) groups excluding carboxylic acids is 1. The summed E-state index contributed by atoms with van der Waals surface area (Å²) in [5.41, 5.74) is 0. The van der Waals surface area contributed by atoms with Crippen LogP contribution in [0.25, 0.3) is 0 Å². The van der Waals surface area contributed by atoms with Gasteiger partial charge in [0.25, 0.3) is 0 Å². The van der Waals surface area contributed by atoms with Crippen molar-refractivity contribution in [3.05, 3.63) is 30.3 Å². The van der Waals surface area contributed by atoms with Crippen LogP contribution in [0.2, 0.25) is 0 Å². The zero-order chi connectivity index (χ0) is 10.7. The van der Waals surface area contributed by atoms with Crippen molar-refractivity contribution < 1.29 is 14.6 Å². The second-order valence-electron chi connectivity index (χ2n) is 3.58. The van der Waals surface area contributed by atoms with E-state index in [9.17, 15) is 9.90 Å². The number of carbonyl (C=O) groups is 1. The van der Waals surface area contributed by atoms with Crippen LogP contribution in [0.3, 0.4) is 0 Å². The van der Waals surface area contributed by atoms with E-state index in [1.165, 1.54) is 0 Å². The highest BCUT2D eigenvalue weighted by atomic mass is 16.5. The Balaban J connectivity index is 1.93. The second-order valence-corrected chi connectivity index (χ2v) is 3.58. The maximum Gasteiger partial charge on any atom is 0.328 e. The molecule has 1 aromatic rings. The summed E-state index contributed by atoms with van der Waals surface area (Å²) in [4.78, 5) is 11.6. The summed E-state index contributed by atoms with van der Waals surface area (Å²) in [6.07, 6.45) is -0.0237. The van der Waals surface area contributed by atoms with Gasteiger partial charge in [0.05, 0.1) is 6.10 Å². The van der Waals surface area contributed by atoms with E-state index in [4.69, 9.17) is 4.74 Å². The summed E-state index contributed by atoms with van der Waals surface area (Å²) in [6, 6.07) is 8.53. The molecule has 1 aliphatic rings. The normalized spacial score (nSPS) is 25.1. The number of hydrogen-bond acceptors (Lipinski definition) is 4. The molecule has 2 rings (SSSR count). The van der Waals surface area contributed by atoms with Crippen molar-refractivity contribution in [1.82, 2.24) is 5.32 Å². The minimum absolute atomic E-state index is 0.335. The molecule has 0 aliphatic carbocycles. The Kier molecular flexibility index (Phi) is 2.99. The molecule has 0 saturated carbocycles. The molecule has 1 heterocycles. The van der Waals surface area contributed by atoms with Gasteiger partial charge >= 0.3 is 5.97 Å². The largest absolute Gasteiger partial charge is 0.425 e. The van der Waals surface area contributed by atoms with E-state index >= 15 is 0 Å². The highest BCUT2D eigenvalue weighted by Crippen LogP contribution is 2.13. The number of rotatable bonds is 2. The van der Waals surface area contributed by atoms with Gasteiger partial charge in [-0.3, -0.25) is 0 Å². The van der Waals surface area contributed by atoms with E-state index < -0.39 is 6.10 Å². The minimum Gasteiger partial charge on any atom is -0.425 e. The van der Waals surface area contributed by atoms with Gasteiger partial charge in [-0.25, -0.2) is 4.79 Å². The molecular weight excluding hydrogens is 194 g/mol. The lowest BCUT2D eigenvalue weighted by Gasteiger charge is -2.09. The summed E-state index contributed by atoms with van der Waals surface area (Å²) in [5, 5.41) is 12.1. The van der Waals surface area contributed by atoms with Crippen LogP contribution in [0.15, 0.2) is 30.3 Å². The molecule has 1 aromatic carbocycles. The van der Waals surface area contributed by atoms with Crippen molar-refractivity contribution in [2.45, 2.75) is 18.6 Å². The quantitative estimate of drug-likeness (QED) is 0.541. The first kappa shape index (κ1) is 10.1. The van der Waals surface area contributed by atoms with Crippen LogP contribution >= 0.6 is 0 Å². The minimum atomic E-state index is -0.446. The Bertz CT molecular complexity index is 339. The molecule has 2 N–H and O–H groups in total. The number of benzene rings is 1. The molecule has 0 bridgehead atoms. The molecule has 1 saturated heterocycles. The molecule has 2 atom stereocenters. The van der Waals surface area contributed by atoms with Gasteiger partial charge in [0.1, 0.15) is 11.8 Å². The highest BCUT2D eigenvalue weighted by molar-refractivity contribution is 5.78. The molecule has 15 heavy (non-hydrogen) atoms. The van der Waals surface area contributed by atoms with E-state index in [1.54, 1.807) is 24.3 Å². The average Bonchev–Trinajstić information content (AvgIpc) is 2.66. The number of aliphatic hydroxyl groups excluding tert-OH is 1. The standard InChI is InChI=1S/C11H13NO3/c13-8-6-10(12-7-8)11(14)15-9-4-2-1-3-5-9/h1-5,8,10,12-13H,6-7H2/t8-,10-/m0/s1. The van der Waals surface area contributed by atoms with Gasteiger partial charge in [0.15, 0.2) is 0 Å². The highest BCUT2D eigenvalue weighted by Gasteiger charge is 2.29. The number of nitrogens with one attached hydrogen (secondary N) is 1. The average molecular weight is 207 g/mol. The number of hydrogen-bond donors (Lipinski definition) is 2. The molecule has 1 aliphatic heterocycles. The van der Waals surface area contributed by atoms with Crippen molar-refractivity contribution in [2.75, 3.05) is 6.54 Å². The topological polar surface area (TPSA) is 58.6 Å². The molecule has 0 unspecified atom stereocenters. The van der Waals surface area contributed by atoms with Crippen molar-refractivity contribution in [3.8, 4) is 5.75 Å². The summed E-state index contributed by atoms with van der Waals surface area (Å²) in [6.45, 7) is 0.453. The molecule has 4 nitrogen and oxygen atoms in total. The lowest BCUT2D eigenvalue weighted by molar-refractivity contribution is -0.136. The maximum absolute atomic E-state index is 11.6. The molecule has 0 amide bonds. The first-order chi connectivity index (χ1) is 7.25. The third-order valence-electron chi connectivity index (χ3n) is 2.35. The lowest BCUT2D eigenvalue weighted by Crippen LogP contribution is -2.34. The van der Waals surface area contributed by atoms with Gasteiger partial charge in [0.2, 0.25) is 0 Å². The third-order valence-corrected chi connectivity index (χ3v) is 2.35. The Labute approximate surface area is 87.9 Å². The van der Waals surface area contributed by atoms with Crippen molar-refractivity contribution >= 4 is 5.97 Å². The van der Waals surface area contributed by atoms with E-state index in [2.05, 4.69) is 5.32 Å². The fraction of sp³-hybridized carbons (Fsp3) is 0.364. The van der Waals surface area contributed by atoms with Crippen LogP contribution in [0.5, 0.6) is 5.75 Å². The number of esters is 1. The van der Waals surface area contributed by atoms with E-state index in [-0.39, 0.29) is 12.0 Å². The molecule has 0 radical (unpaired) electrons. The van der Waals surface area contributed by atoms with Crippen LogP contribution in [0.1, 0.15) is 6.42 Å². The number of ether oxygens (including phenoxy) is 1. The zero-order valence-electron chi connectivity index (χ0n) is 8.22. The van der Waals surface area contributed by atoms with Crippen LogP contribution in [-0.2, 0) is 4.79 Å². The fourth-order valence-corrected chi connectivity index (χ4v) is 1.57. The Morgan fingerprint density at radius 2 is 2.13 bits per heavy atom. The predicted molar refractivity (Wildman–Crippen MR) is 54.5 cm³/mol. The molecule has 80 valence electrons. The smallest absolute Gasteiger partial charge is 0.328 e. The lowest BCUT2D eigenvalue weighted by atomic mass is 10.2. The van der Waals surface area contributed by atoms with E-state index in [0.717, 1.165) is 0 Å². The molecule has 0 spiro atoms. The molecule has 4 heteroatoms. The second kappa shape index (κ2) is 4.42. The van der Waals surface area contributed by atoms with Gasteiger partial charge < -0.3 is 15.2 Å². The third kappa shape index (κ3) is 2.55. The maximum atomic E-state index is 11.6. The summed E-state index contributed by atoms with van der Waals surface area (Å²) in [7, 11) is 0. The van der Waals surface area contributed by atoms with E-state index in [0.29, 0.717) is 18.7 Å². The first-order valence-electron chi connectivity index (χ1n) is 4.94. The fourth-order valence-electron chi connectivity index (χ4n) is 1.57. The molecule has 0 aromatic heterocycles. The summed E-state index contributed by atoms with van der Waals surface area (Å²) < 4.78 is 5.13. The van der Waals surface area contributed by atoms with Crippen LogP contribution in [0, 0.1) is 0 Å². The van der Waals surface area contributed by atoms with Crippen molar-refractivity contribution in [3.63, 3.8) is 0 Å². The van der Waals surface area contributed by atoms with Crippen molar-refractivity contribution in [2.24, 2.45) is 0 Å². The van der Waals surface area contributed by atoms with Crippen molar-refractivity contribution in [1.29, 1.82) is 0 Å². The van der Waals surface area contributed by atoms with Crippen LogP contribution in [0.4, 0.5) is 0 Å². The van der Waals surface area contributed by atoms with Gasteiger partial charge in [0, 0.05) is 13.0 Å². The number of aliphatic hydroxyl groups is 1. The van der Waals surface area contributed by atoms with Gasteiger partial charge in [-0.2, -0.15) is 0 Å². The molecule has 1 fully saturated rings. The summed E-state index contributed by atoms with van der Waals surface area (Å²) >= 11 is 0. The Morgan fingerprint density at radius 1 is 1.40 bits per heavy atom. The Morgan fingerprint density at radius 3 is 2.73 bits per heavy atom. The molecular formula is C11H13NO3. The summed E-state index contributed by atoms with van der Waals surface area (Å²) in [5.74, 6) is 0.198. The van der Waals surface area contributed by atoms with Crippen LogP contribution < -0.4 is 10.1 Å². The predicted octanol–water partition coefficient (Wildman–Crippen LogP) is 0.315. The van der Waals surface area contributed by atoms with Gasteiger partial charge in [-0.15, -0.1) is 0 Å². The Hall–Kier alpha value is -1.39. The SMILES string of the molecule is O=C(Oc1ccccc1)[C@@H]1C[C@H](O)CN1. The number of β-amino-alcohol motifs (C(OH)–C–C–N with tert-alkyl or cyclic N) is 1. The van der Waals surface area contributed by atoms with Gasteiger partial charge in [-0.05, 0) is 12.1 Å². The monoisotopic (exact) mass is 207 g/mol. The van der Waals surface area contributed by atoms with Crippen LogP contribution in [-0.4, -0.2) is 29.8 Å². The zero-order valence-corrected chi connectivity index (χ0v) is 8.22. The first-order valence-corrected chi connectivity index (χ1v) is 4.94. The van der Waals surface area contributed by atoms with E-state index in [1.807, 2.05) is 6.07 Å². The number of para-hydroxylation sites is 1. The van der Waals surface area contributed by atoms with Gasteiger partial charge in [-0.1, -0.05) is 18.2 Å².